The van der Waals surface area contributed by atoms with Gasteiger partial charge in [0.15, 0.2) is 0 Å². The molecule has 0 unspecified atom stereocenters. The van der Waals surface area contributed by atoms with Gasteiger partial charge in [-0.05, 0) is 69.0 Å². The summed E-state index contributed by atoms with van der Waals surface area (Å²) in [5.74, 6) is 0.673. The monoisotopic (exact) mass is 263 g/mol. The molecule has 19 heavy (non-hydrogen) atoms. The quantitative estimate of drug-likeness (QED) is 0.774. The minimum atomic E-state index is -0.905. The van der Waals surface area contributed by atoms with Gasteiger partial charge in [-0.15, -0.1) is 0 Å². The molecule has 1 heterocycles. The predicted molar refractivity (Wildman–Crippen MR) is 73.7 cm³/mol. The van der Waals surface area contributed by atoms with E-state index in [1.165, 1.54) is 19.3 Å². The van der Waals surface area contributed by atoms with Gasteiger partial charge in [-0.1, -0.05) is 0 Å². The Bertz CT molecular complexity index is 396. The van der Waals surface area contributed by atoms with Crippen molar-refractivity contribution >= 4 is 5.97 Å². The largest absolute Gasteiger partial charge is 0.494 e. The maximum Gasteiger partial charge on any atom is 0.335 e. The van der Waals surface area contributed by atoms with E-state index in [-0.39, 0.29) is 0 Å². The average molecular weight is 263 g/mol. The number of ether oxygens (including phenoxy) is 1. The molecule has 2 rings (SSSR count). The van der Waals surface area contributed by atoms with Crippen molar-refractivity contribution < 1.29 is 14.6 Å². The number of piperidine rings is 1. The first-order valence-corrected chi connectivity index (χ1v) is 6.92. The molecule has 1 aliphatic heterocycles. The molecule has 104 valence electrons. The van der Waals surface area contributed by atoms with E-state index in [0.717, 1.165) is 31.2 Å². The zero-order valence-corrected chi connectivity index (χ0v) is 11.1. The Morgan fingerprint density at radius 3 is 2.58 bits per heavy atom. The van der Waals surface area contributed by atoms with Crippen molar-refractivity contribution in [1.82, 2.24) is 5.32 Å². The van der Waals surface area contributed by atoms with Gasteiger partial charge in [0.25, 0.3) is 0 Å². The molecule has 1 aliphatic rings. The molecule has 0 aliphatic carbocycles. The molecule has 2 N–H and O–H groups in total. The smallest absolute Gasteiger partial charge is 0.335 e. The maximum atomic E-state index is 10.7. The molecule has 0 bridgehead atoms. The van der Waals surface area contributed by atoms with Crippen molar-refractivity contribution in [2.24, 2.45) is 5.92 Å². The molecule has 0 atom stereocenters. The highest BCUT2D eigenvalue weighted by Gasteiger charge is 2.12. The third kappa shape index (κ3) is 4.56. The zero-order chi connectivity index (χ0) is 13.5. The van der Waals surface area contributed by atoms with Gasteiger partial charge >= 0.3 is 5.97 Å². The summed E-state index contributed by atoms with van der Waals surface area (Å²) in [6.45, 7) is 2.99. The summed E-state index contributed by atoms with van der Waals surface area (Å²) in [7, 11) is 0. The Balaban J connectivity index is 1.66. The second-order valence-corrected chi connectivity index (χ2v) is 5.01. The molecule has 0 amide bonds. The van der Waals surface area contributed by atoms with E-state index in [1.807, 2.05) is 0 Å². The molecular formula is C15H21NO3. The van der Waals surface area contributed by atoms with Gasteiger partial charge in [-0.3, -0.25) is 0 Å². The molecule has 1 aromatic rings. The average Bonchev–Trinajstić information content (AvgIpc) is 2.45. The fraction of sp³-hybridized carbons (Fsp3) is 0.533. The lowest BCUT2D eigenvalue weighted by atomic mass is 9.93. The van der Waals surface area contributed by atoms with Crippen molar-refractivity contribution in [3.05, 3.63) is 29.8 Å². The van der Waals surface area contributed by atoms with Crippen molar-refractivity contribution in [2.45, 2.75) is 25.7 Å². The van der Waals surface area contributed by atoms with Crippen LogP contribution in [0.3, 0.4) is 0 Å². The summed E-state index contributed by atoms with van der Waals surface area (Å²) >= 11 is 0. The van der Waals surface area contributed by atoms with Crippen LogP contribution >= 0.6 is 0 Å². The van der Waals surface area contributed by atoms with E-state index in [0.29, 0.717) is 12.2 Å². The van der Waals surface area contributed by atoms with E-state index >= 15 is 0 Å². The third-order valence-corrected chi connectivity index (χ3v) is 3.59. The minimum absolute atomic E-state index is 0.294. The highest BCUT2D eigenvalue weighted by Crippen LogP contribution is 2.18. The molecular weight excluding hydrogens is 242 g/mol. The lowest BCUT2D eigenvalue weighted by Gasteiger charge is -2.22. The summed E-state index contributed by atoms with van der Waals surface area (Å²) in [6, 6.07) is 6.58. The topological polar surface area (TPSA) is 58.6 Å². The molecule has 1 fully saturated rings. The van der Waals surface area contributed by atoms with Gasteiger partial charge in [0.2, 0.25) is 0 Å². The second-order valence-electron chi connectivity index (χ2n) is 5.01. The first-order valence-electron chi connectivity index (χ1n) is 6.92. The lowest BCUT2D eigenvalue weighted by Crippen LogP contribution is -2.27. The van der Waals surface area contributed by atoms with E-state index in [1.54, 1.807) is 24.3 Å². The lowest BCUT2D eigenvalue weighted by molar-refractivity contribution is 0.0697. The number of nitrogens with one attached hydrogen (secondary N) is 1. The van der Waals surface area contributed by atoms with Crippen LogP contribution in [0.5, 0.6) is 5.75 Å². The van der Waals surface area contributed by atoms with Gasteiger partial charge in [-0.25, -0.2) is 4.79 Å². The van der Waals surface area contributed by atoms with Gasteiger partial charge in [-0.2, -0.15) is 0 Å². The maximum absolute atomic E-state index is 10.7. The molecule has 0 saturated carbocycles. The molecule has 1 aromatic carbocycles. The zero-order valence-electron chi connectivity index (χ0n) is 11.1. The fourth-order valence-electron chi connectivity index (χ4n) is 2.43. The minimum Gasteiger partial charge on any atom is -0.494 e. The second kappa shape index (κ2) is 7.14. The number of carbonyl (C=O) groups is 1. The first-order chi connectivity index (χ1) is 9.25. The normalized spacial score (nSPS) is 16.2. The highest BCUT2D eigenvalue weighted by molar-refractivity contribution is 5.87. The van der Waals surface area contributed by atoms with E-state index in [9.17, 15) is 4.79 Å². The number of carboxylic acids is 1. The van der Waals surface area contributed by atoms with E-state index in [4.69, 9.17) is 9.84 Å². The third-order valence-electron chi connectivity index (χ3n) is 3.59. The summed E-state index contributed by atoms with van der Waals surface area (Å²) in [4.78, 5) is 10.7. The number of hydrogen-bond acceptors (Lipinski definition) is 3. The fourth-order valence-corrected chi connectivity index (χ4v) is 2.43. The summed E-state index contributed by atoms with van der Waals surface area (Å²) in [5.41, 5.74) is 0.294. The Hall–Kier alpha value is -1.55. The van der Waals surface area contributed by atoms with Gasteiger partial charge < -0.3 is 15.2 Å². The summed E-state index contributed by atoms with van der Waals surface area (Å²) in [6.07, 6.45) is 4.82. The van der Waals surface area contributed by atoms with Crippen LogP contribution in [-0.2, 0) is 0 Å². The molecule has 0 aromatic heterocycles. The standard InChI is InChI=1S/C15H21NO3/c17-15(18)13-3-5-14(6-4-13)19-11-1-2-12-7-9-16-10-8-12/h3-6,12,16H,1-2,7-11H2,(H,17,18). The Morgan fingerprint density at radius 1 is 1.26 bits per heavy atom. The van der Waals surface area contributed by atoms with Crippen LogP contribution in [0.25, 0.3) is 0 Å². The van der Waals surface area contributed by atoms with Crippen LogP contribution < -0.4 is 10.1 Å². The Kier molecular flexibility index (Phi) is 5.21. The highest BCUT2D eigenvalue weighted by atomic mass is 16.5. The van der Waals surface area contributed by atoms with Gasteiger partial charge in [0.1, 0.15) is 5.75 Å². The number of aromatic carboxylic acids is 1. The van der Waals surface area contributed by atoms with Crippen molar-refractivity contribution in [3.8, 4) is 5.75 Å². The van der Waals surface area contributed by atoms with Crippen LogP contribution in [0, 0.1) is 5.92 Å². The number of benzene rings is 1. The van der Waals surface area contributed by atoms with Gasteiger partial charge in [0, 0.05) is 0 Å². The number of carboxylic acid groups (broad SMARTS) is 1. The van der Waals surface area contributed by atoms with Crippen LogP contribution in [0.4, 0.5) is 0 Å². The first kappa shape index (κ1) is 13.9. The van der Waals surface area contributed by atoms with Crippen molar-refractivity contribution in [1.29, 1.82) is 0 Å². The van der Waals surface area contributed by atoms with Crippen molar-refractivity contribution in [3.63, 3.8) is 0 Å². The Morgan fingerprint density at radius 2 is 1.95 bits per heavy atom. The molecule has 0 radical (unpaired) electrons. The van der Waals surface area contributed by atoms with Gasteiger partial charge in [0.05, 0.1) is 12.2 Å². The molecule has 1 saturated heterocycles. The van der Waals surface area contributed by atoms with Crippen LogP contribution in [0.2, 0.25) is 0 Å². The van der Waals surface area contributed by atoms with Crippen LogP contribution in [-0.4, -0.2) is 30.8 Å². The van der Waals surface area contributed by atoms with E-state index in [2.05, 4.69) is 5.32 Å². The summed E-state index contributed by atoms with van der Waals surface area (Å²) in [5, 5.41) is 12.2. The van der Waals surface area contributed by atoms with Crippen LogP contribution in [0.15, 0.2) is 24.3 Å². The molecule has 4 heteroatoms. The predicted octanol–water partition coefficient (Wildman–Crippen LogP) is 2.54. The van der Waals surface area contributed by atoms with Crippen molar-refractivity contribution in [2.75, 3.05) is 19.7 Å². The molecule has 4 nitrogen and oxygen atoms in total. The summed E-state index contributed by atoms with van der Waals surface area (Å²) < 4.78 is 5.62. The Labute approximate surface area is 113 Å². The number of rotatable bonds is 6. The number of hydrogen-bond donors (Lipinski definition) is 2. The van der Waals surface area contributed by atoms with E-state index < -0.39 is 5.97 Å². The molecule has 0 spiro atoms. The van der Waals surface area contributed by atoms with Crippen LogP contribution in [0.1, 0.15) is 36.0 Å². The SMILES string of the molecule is O=C(O)c1ccc(OCCCC2CCNCC2)cc1.